The number of benzene rings is 2. The summed E-state index contributed by atoms with van der Waals surface area (Å²) in [5.41, 5.74) is 6.74. The van der Waals surface area contributed by atoms with E-state index in [9.17, 15) is 0 Å². The maximum Gasteiger partial charge on any atom is 0.126 e. The zero-order chi connectivity index (χ0) is 16.8. The van der Waals surface area contributed by atoms with E-state index < -0.39 is 0 Å². The van der Waals surface area contributed by atoms with Gasteiger partial charge in [-0.2, -0.15) is 0 Å². The monoisotopic (exact) mass is 304 g/mol. The second kappa shape index (κ2) is 7.64. The van der Waals surface area contributed by atoms with Gasteiger partial charge in [-0.25, -0.2) is 0 Å². The first-order valence-corrected chi connectivity index (χ1v) is 7.80. The lowest BCUT2D eigenvalue weighted by atomic mass is 9.97. The first-order valence-electron chi connectivity index (χ1n) is 7.80. The van der Waals surface area contributed by atoms with Gasteiger partial charge >= 0.3 is 0 Å². The highest BCUT2D eigenvalue weighted by molar-refractivity contribution is 5.88. The van der Waals surface area contributed by atoms with Crippen molar-refractivity contribution in [2.75, 3.05) is 7.11 Å². The highest BCUT2D eigenvalue weighted by atomic mass is 16.5. The summed E-state index contributed by atoms with van der Waals surface area (Å²) in [6.45, 7) is 10.4. The highest BCUT2D eigenvalue weighted by Gasteiger charge is 2.07. The van der Waals surface area contributed by atoms with Crippen LogP contribution >= 0.6 is 0 Å². The molecule has 2 rings (SSSR count). The van der Waals surface area contributed by atoms with Gasteiger partial charge < -0.3 is 4.74 Å². The van der Waals surface area contributed by atoms with E-state index in [1.54, 1.807) is 7.11 Å². The summed E-state index contributed by atoms with van der Waals surface area (Å²) < 4.78 is 5.48. The second-order valence-electron chi connectivity index (χ2n) is 5.69. The molecule has 0 amide bonds. The molecule has 1 heteroatoms. The molecule has 0 fully saturated rings. The fourth-order valence-electron chi connectivity index (χ4n) is 2.49. The summed E-state index contributed by atoms with van der Waals surface area (Å²) >= 11 is 0. The van der Waals surface area contributed by atoms with Crippen molar-refractivity contribution in [1.29, 1.82) is 0 Å². The zero-order valence-electron chi connectivity index (χ0n) is 14.4. The van der Waals surface area contributed by atoms with Crippen LogP contribution in [0.5, 0.6) is 5.75 Å². The Kier molecular flexibility index (Phi) is 5.59. The number of allylic oxidation sites excluding steroid dienone is 5. The molecule has 118 valence electrons. The maximum atomic E-state index is 5.48. The van der Waals surface area contributed by atoms with Gasteiger partial charge in [0.25, 0.3) is 0 Å². The van der Waals surface area contributed by atoms with E-state index in [0.29, 0.717) is 0 Å². The standard InChI is InChI=1S/C22H24O/c1-6-7-20(19-11-8-16(2)9-12-19)15-18(4)21-14-17(3)10-13-22(21)23-5/h6-15H,4H2,1-3,5H3/b7-6-,20-15+. The Morgan fingerprint density at radius 3 is 2.26 bits per heavy atom. The number of hydrogen-bond acceptors (Lipinski definition) is 1. The average Bonchev–Trinajstić information content (AvgIpc) is 2.55. The summed E-state index contributed by atoms with van der Waals surface area (Å²) in [6.07, 6.45) is 6.27. The van der Waals surface area contributed by atoms with Gasteiger partial charge in [-0.05, 0) is 55.7 Å². The predicted octanol–water partition coefficient (Wildman–Crippen LogP) is 5.98. The Labute approximate surface area is 139 Å². The molecule has 0 spiro atoms. The first kappa shape index (κ1) is 16.8. The molecule has 0 atom stereocenters. The Hall–Kier alpha value is -2.54. The SMILES string of the molecule is C=C(/C=C(\C=C/C)c1ccc(C)cc1)c1cc(C)ccc1OC. The molecule has 23 heavy (non-hydrogen) atoms. The van der Waals surface area contributed by atoms with E-state index >= 15 is 0 Å². The maximum absolute atomic E-state index is 5.48. The van der Waals surface area contributed by atoms with Crippen LogP contribution in [0.15, 0.2) is 67.3 Å². The molecule has 0 bridgehead atoms. The normalized spacial score (nSPS) is 11.7. The summed E-state index contributed by atoms with van der Waals surface area (Å²) in [4.78, 5) is 0. The van der Waals surface area contributed by atoms with E-state index in [1.807, 2.05) is 25.1 Å². The third kappa shape index (κ3) is 4.23. The first-order chi connectivity index (χ1) is 11.0. The Morgan fingerprint density at radius 1 is 1.00 bits per heavy atom. The molecule has 0 unspecified atom stereocenters. The number of methoxy groups -OCH3 is 1. The van der Waals surface area contributed by atoms with Crippen molar-refractivity contribution in [1.82, 2.24) is 0 Å². The summed E-state index contributed by atoms with van der Waals surface area (Å²) in [6, 6.07) is 14.7. The predicted molar refractivity (Wildman–Crippen MR) is 101 cm³/mol. The summed E-state index contributed by atoms with van der Waals surface area (Å²) in [7, 11) is 1.69. The van der Waals surface area contributed by atoms with Crippen LogP contribution in [0.25, 0.3) is 11.1 Å². The molecule has 0 heterocycles. The van der Waals surface area contributed by atoms with E-state index in [0.717, 1.165) is 22.5 Å². The second-order valence-corrected chi connectivity index (χ2v) is 5.69. The third-order valence-electron chi connectivity index (χ3n) is 3.76. The van der Waals surface area contributed by atoms with Crippen molar-refractivity contribution in [2.24, 2.45) is 0 Å². The van der Waals surface area contributed by atoms with E-state index in [-0.39, 0.29) is 0 Å². The molecule has 0 saturated heterocycles. The van der Waals surface area contributed by atoms with Gasteiger partial charge in [0.2, 0.25) is 0 Å². The molecule has 1 nitrogen and oxygen atoms in total. The van der Waals surface area contributed by atoms with E-state index in [4.69, 9.17) is 4.74 Å². The van der Waals surface area contributed by atoms with Gasteiger partial charge in [0, 0.05) is 5.56 Å². The lowest BCUT2D eigenvalue weighted by Crippen LogP contribution is -1.91. The van der Waals surface area contributed by atoms with E-state index in [1.165, 1.54) is 16.7 Å². The molecular formula is C22H24O. The molecule has 0 aromatic heterocycles. The topological polar surface area (TPSA) is 9.23 Å². The Bertz CT molecular complexity index is 746. The highest BCUT2D eigenvalue weighted by Crippen LogP contribution is 2.29. The molecular weight excluding hydrogens is 280 g/mol. The molecule has 0 aliphatic heterocycles. The summed E-state index contributed by atoms with van der Waals surface area (Å²) in [5.74, 6) is 0.848. The molecule has 0 aliphatic rings. The number of rotatable bonds is 5. The molecule has 0 N–H and O–H groups in total. The van der Waals surface area contributed by atoms with E-state index in [2.05, 4.69) is 62.9 Å². The van der Waals surface area contributed by atoms with Crippen LogP contribution in [0.2, 0.25) is 0 Å². The number of ether oxygens (including phenoxy) is 1. The largest absolute Gasteiger partial charge is 0.496 e. The molecule has 0 radical (unpaired) electrons. The minimum Gasteiger partial charge on any atom is -0.496 e. The molecule has 2 aromatic rings. The van der Waals surface area contributed by atoms with Crippen molar-refractivity contribution in [3.63, 3.8) is 0 Å². The zero-order valence-corrected chi connectivity index (χ0v) is 14.4. The Balaban J connectivity index is 2.45. The van der Waals surface area contributed by atoms with Gasteiger partial charge in [0.05, 0.1) is 7.11 Å². The molecule has 0 saturated carbocycles. The van der Waals surface area contributed by atoms with Crippen molar-refractivity contribution >= 4 is 11.1 Å². The van der Waals surface area contributed by atoms with Gasteiger partial charge in [-0.3, -0.25) is 0 Å². The van der Waals surface area contributed by atoms with Crippen molar-refractivity contribution in [3.05, 3.63) is 89.5 Å². The molecule has 0 aliphatic carbocycles. The smallest absolute Gasteiger partial charge is 0.126 e. The fourth-order valence-corrected chi connectivity index (χ4v) is 2.49. The van der Waals surface area contributed by atoms with Crippen molar-refractivity contribution < 1.29 is 4.74 Å². The Morgan fingerprint density at radius 2 is 1.65 bits per heavy atom. The number of aryl methyl sites for hydroxylation is 2. The fraction of sp³-hybridized carbons (Fsp3) is 0.182. The van der Waals surface area contributed by atoms with Gasteiger partial charge in [-0.15, -0.1) is 0 Å². The number of hydrogen-bond donors (Lipinski definition) is 0. The van der Waals surface area contributed by atoms with Crippen LogP contribution in [0.3, 0.4) is 0 Å². The van der Waals surface area contributed by atoms with Crippen LogP contribution in [0.4, 0.5) is 0 Å². The quantitative estimate of drug-likeness (QED) is 0.617. The van der Waals surface area contributed by atoms with Gasteiger partial charge in [-0.1, -0.05) is 60.2 Å². The lowest BCUT2D eigenvalue weighted by molar-refractivity contribution is 0.413. The minimum atomic E-state index is 0.848. The minimum absolute atomic E-state index is 0.848. The summed E-state index contributed by atoms with van der Waals surface area (Å²) in [5, 5.41) is 0. The van der Waals surface area contributed by atoms with Crippen LogP contribution in [0, 0.1) is 13.8 Å². The van der Waals surface area contributed by atoms with Crippen molar-refractivity contribution in [2.45, 2.75) is 20.8 Å². The van der Waals surface area contributed by atoms with Crippen LogP contribution in [0.1, 0.15) is 29.2 Å². The lowest BCUT2D eigenvalue weighted by Gasteiger charge is -2.11. The average molecular weight is 304 g/mol. The van der Waals surface area contributed by atoms with Crippen LogP contribution in [-0.2, 0) is 0 Å². The van der Waals surface area contributed by atoms with Crippen molar-refractivity contribution in [3.8, 4) is 5.75 Å². The van der Waals surface area contributed by atoms with Crippen LogP contribution < -0.4 is 4.74 Å². The van der Waals surface area contributed by atoms with Crippen LogP contribution in [-0.4, -0.2) is 7.11 Å². The molecule has 2 aromatic carbocycles. The third-order valence-corrected chi connectivity index (χ3v) is 3.76. The van der Waals surface area contributed by atoms with Gasteiger partial charge in [0.1, 0.15) is 5.75 Å². The van der Waals surface area contributed by atoms with Gasteiger partial charge in [0.15, 0.2) is 0 Å².